The second kappa shape index (κ2) is 8.19. The topological polar surface area (TPSA) is 126 Å². The molecule has 0 saturated carbocycles. The van der Waals surface area contributed by atoms with Gasteiger partial charge in [-0.3, -0.25) is 0 Å². The van der Waals surface area contributed by atoms with Crippen LogP contribution in [0.15, 0.2) is 59.8 Å². The van der Waals surface area contributed by atoms with E-state index in [9.17, 15) is 13.2 Å². The highest BCUT2D eigenvalue weighted by atomic mass is 32.2. The van der Waals surface area contributed by atoms with Gasteiger partial charge in [-0.05, 0) is 43.3 Å². The zero-order valence-electron chi connectivity index (χ0n) is 15.0. The Labute approximate surface area is 161 Å². The summed E-state index contributed by atoms with van der Waals surface area (Å²) in [6, 6.07) is 11.0. The minimum Gasteiger partial charge on any atom is -0.490 e. The molecule has 3 aromatic rings. The van der Waals surface area contributed by atoms with Crippen LogP contribution in [0.5, 0.6) is 5.75 Å². The molecule has 2 aromatic heterocycles. The van der Waals surface area contributed by atoms with Gasteiger partial charge in [-0.15, -0.1) is 0 Å². The minimum absolute atomic E-state index is 0.00771. The summed E-state index contributed by atoms with van der Waals surface area (Å²) in [6.45, 7) is 1.87. The van der Waals surface area contributed by atoms with E-state index < -0.39 is 16.0 Å². The average Bonchev–Trinajstić information content (AvgIpc) is 3.07. The van der Waals surface area contributed by atoms with Crippen LogP contribution in [0.3, 0.4) is 0 Å². The number of ether oxygens (including phenoxy) is 2. The highest BCUT2D eigenvalue weighted by molar-refractivity contribution is 7.89. The average molecular weight is 402 g/mol. The molecule has 0 saturated heterocycles. The molecule has 2 heterocycles. The Morgan fingerprint density at radius 3 is 2.54 bits per heavy atom. The predicted molar refractivity (Wildman–Crippen MR) is 99.7 cm³/mol. The van der Waals surface area contributed by atoms with Gasteiger partial charge in [-0.2, -0.15) is 5.10 Å². The van der Waals surface area contributed by atoms with Gasteiger partial charge in [0, 0.05) is 6.20 Å². The van der Waals surface area contributed by atoms with Gasteiger partial charge in [-0.25, -0.2) is 28.0 Å². The third kappa shape index (κ3) is 4.53. The molecule has 0 radical (unpaired) electrons. The van der Waals surface area contributed by atoms with Crippen molar-refractivity contribution in [3.05, 3.63) is 66.1 Å². The summed E-state index contributed by atoms with van der Waals surface area (Å²) in [7, 11) is -3.75. The minimum atomic E-state index is -3.75. The Bertz CT molecular complexity index is 1060. The van der Waals surface area contributed by atoms with Gasteiger partial charge in [0.1, 0.15) is 24.5 Å². The molecule has 0 fully saturated rings. The van der Waals surface area contributed by atoms with Crippen LogP contribution in [0.25, 0.3) is 5.82 Å². The molecule has 0 aliphatic rings. The summed E-state index contributed by atoms with van der Waals surface area (Å²) in [5, 5.41) is 9.20. The van der Waals surface area contributed by atoms with Crippen LogP contribution in [0.4, 0.5) is 0 Å². The van der Waals surface area contributed by atoms with E-state index in [0.717, 1.165) is 0 Å². The van der Waals surface area contributed by atoms with Crippen molar-refractivity contribution in [3.63, 3.8) is 0 Å². The molecule has 0 unspecified atom stereocenters. The van der Waals surface area contributed by atoms with Gasteiger partial charge >= 0.3 is 5.97 Å². The van der Waals surface area contributed by atoms with E-state index in [2.05, 4.69) is 10.1 Å². The number of nitrogens with two attached hydrogens (primary N) is 1. The molecule has 0 aliphatic carbocycles. The monoisotopic (exact) mass is 402 g/mol. The molecule has 9 nitrogen and oxygen atoms in total. The van der Waals surface area contributed by atoms with Crippen LogP contribution in [0.1, 0.15) is 16.1 Å². The maximum Gasteiger partial charge on any atom is 0.341 e. The van der Waals surface area contributed by atoms with Gasteiger partial charge in [0.2, 0.25) is 10.0 Å². The first kappa shape index (κ1) is 19.5. The molecule has 0 bridgehead atoms. The molecule has 1 aromatic carbocycles. The lowest BCUT2D eigenvalue weighted by atomic mass is 10.2. The lowest BCUT2D eigenvalue weighted by Gasteiger charge is -2.08. The van der Waals surface area contributed by atoms with E-state index in [1.54, 1.807) is 29.9 Å². The maximum absolute atomic E-state index is 12.2. The largest absolute Gasteiger partial charge is 0.490 e. The van der Waals surface area contributed by atoms with Crippen LogP contribution in [-0.2, 0) is 14.8 Å². The van der Waals surface area contributed by atoms with Crippen LogP contribution in [0, 0.1) is 6.92 Å². The third-order valence-corrected chi connectivity index (χ3v) is 4.76. The smallest absolute Gasteiger partial charge is 0.341 e. The van der Waals surface area contributed by atoms with Crippen molar-refractivity contribution in [1.82, 2.24) is 14.8 Å². The zero-order chi connectivity index (χ0) is 20.1. The highest BCUT2D eigenvalue weighted by Gasteiger charge is 2.17. The lowest BCUT2D eigenvalue weighted by Crippen LogP contribution is -2.14. The number of carbonyl (C=O) groups is 1. The number of carbonyl (C=O) groups excluding carboxylic acids is 1. The highest BCUT2D eigenvalue weighted by Crippen LogP contribution is 2.15. The SMILES string of the molecule is Cc1c(C(=O)OCCOc2ccc(S(N)(=O)=O)cc2)cnn1-c1ccccn1. The maximum atomic E-state index is 12.2. The Hall–Kier alpha value is -3.24. The van der Waals surface area contributed by atoms with Crippen molar-refractivity contribution in [3.8, 4) is 11.6 Å². The number of hydrogen-bond donors (Lipinski definition) is 1. The van der Waals surface area contributed by atoms with Gasteiger partial charge in [-0.1, -0.05) is 6.07 Å². The first-order chi connectivity index (χ1) is 13.4. The second-order valence-corrected chi connectivity index (χ2v) is 7.31. The predicted octanol–water partition coefficient (Wildman–Crippen LogP) is 1.46. The summed E-state index contributed by atoms with van der Waals surface area (Å²) in [4.78, 5) is 16.4. The summed E-state index contributed by atoms with van der Waals surface area (Å²) in [5.41, 5.74) is 0.950. The third-order valence-electron chi connectivity index (χ3n) is 3.83. The Balaban J connectivity index is 1.53. The van der Waals surface area contributed by atoms with Crippen molar-refractivity contribution in [2.75, 3.05) is 13.2 Å². The molecule has 28 heavy (non-hydrogen) atoms. The zero-order valence-corrected chi connectivity index (χ0v) is 15.8. The van der Waals surface area contributed by atoms with E-state index in [0.29, 0.717) is 22.8 Å². The molecule has 0 atom stereocenters. The second-order valence-electron chi connectivity index (χ2n) is 5.74. The number of primary sulfonamides is 1. The van der Waals surface area contributed by atoms with Gasteiger partial charge in [0.15, 0.2) is 5.82 Å². The van der Waals surface area contributed by atoms with Gasteiger partial charge in [0.05, 0.1) is 16.8 Å². The van der Waals surface area contributed by atoms with E-state index in [4.69, 9.17) is 14.6 Å². The molecule has 2 N–H and O–H groups in total. The Morgan fingerprint density at radius 1 is 1.14 bits per heavy atom. The number of rotatable bonds is 7. The van der Waals surface area contributed by atoms with E-state index in [1.807, 2.05) is 6.07 Å². The molecular formula is C18H18N4O5S. The number of pyridine rings is 1. The molecular weight excluding hydrogens is 384 g/mol. The number of nitrogens with zero attached hydrogens (tertiary/aromatic N) is 3. The fourth-order valence-electron chi connectivity index (χ4n) is 2.42. The van der Waals surface area contributed by atoms with Crippen LogP contribution in [0.2, 0.25) is 0 Å². The van der Waals surface area contributed by atoms with Crippen molar-refractivity contribution >= 4 is 16.0 Å². The first-order valence-corrected chi connectivity index (χ1v) is 9.80. The fraction of sp³-hybridized carbons (Fsp3) is 0.167. The van der Waals surface area contributed by atoms with E-state index >= 15 is 0 Å². The molecule has 0 spiro atoms. The summed E-state index contributed by atoms with van der Waals surface area (Å²) in [6.07, 6.45) is 3.07. The van der Waals surface area contributed by atoms with Crippen LogP contribution in [-0.4, -0.2) is 42.4 Å². The van der Waals surface area contributed by atoms with Crippen molar-refractivity contribution in [2.24, 2.45) is 5.14 Å². The van der Waals surface area contributed by atoms with Gasteiger partial charge < -0.3 is 9.47 Å². The summed E-state index contributed by atoms with van der Waals surface area (Å²) >= 11 is 0. The first-order valence-electron chi connectivity index (χ1n) is 8.25. The summed E-state index contributed by atoms with van der Waals surface area (Å²) < 4.78 is 34.6. The fourth-order valence-corrected chi connectivity index (χ4v) is 2.93. The summed E-state index contributed by atoms with van der Waals surface area (Å²) in [5.74, 6) is 0.515. The number of sulfonamides is 1. The van der Waals surface area contributed by atoms with Crippen LogP contribution < -0.4 is 9.88 Å². The normalized spacial score (nSPS) is 11.2. The number of aromatic nitrogens is 3. The van der Waals surface area contributed by atoms with Crippen molar-refractivity contribution in [2.45, 2.75) is 11.8 Å². The quantitative estimate of drug-likeness (QED) is 0.468. The standard InChI is InChI=1S/C18H18N4O5S/c1-13-16(12-21-22(13)17-4-2-3-9-20-17)18(23)27-11-10-26-14-5-7-15(8-6-14)28(19,24)25/h2-9,12H,10-11H2,1H3,(H2,19,24,25). The number of benzene rings is 1. The van der Waals surface area contributed by atoms with Gasteiger partial charge in [0.25, 0.3) is 0 Å². The van der Waals surface area contributed by atoms with Crippen LogP contribution >= 0.6 is 0 Å². The van der Waals surface area contributed by atoms with Crippen molar-refractivity contribution in [1.29, 1.82) is 0 Å². The van der Waals surface area contributed by atoms with E-state index in [1.165, 1.54) is 30.5 Å². The molecule has 0 aliphatic heterocycles. The molecule has 146 valence electrons. The lowest BCUT2D eigenvalue weighted by molar-refractivity contribution is 0.0449. The molecule has 10 heteroatoms. The Morgan fingerprint density at radius 2 is 1.89 bits per heavy atom. The van der Waals surface area contributed by atoms with Crippen molar-refractivity contribution < 1.29 is 22.7 Å². The van der Waals surface area contributed by atoms with E-state index in [-0.39, 0.29) is 18.1 Å². The number of hydrogen-bond acceptors (Lipinski definition) is 7. The molecule has 0 amide bonds. The number of esters is 1. The Kier molecular flexibility index (Phi) is 5.71. The molecule has 3 rings (SSSR count).